The molecule has 0 aromatic carbocycles. The van der Waals surface area contributed by atoms with Gasteiger partial charge in [-0.05, 0) is 58.2 Å². The summed E-state index contributed by atoms with van der Waals surface area (Å²) in [7, 11) is 2.17. The van der Waals surface area contributed by atoms with E-state index in [0.29, 0.717) is 19.8 Å². The molecule has 5 nitrogen and oxygen atoms in total. The fourth-order valence-corrected chi connectivity index (χ4v) is 3.21. The van der Waals surface area contributed by atoms with Crippen LogP contribution >= 0.6 is 24.8 Å². The summed E-state index contributed by atoms with van der Waals surface area (Å²) in [4.78, 5) is 14.8. The number of nitrogens with two attached hydrogens (primary N) is 1. The van der Waals surface area contributed by atoms with Gasteiger partial charge in [-0.1, -0.05) is 0 Å². The maximum absolute atomic E-state index is 12.4. The van der Waals surface area contributed by atoms with Crippen LogP contribution in [-0.4, -0.2) is 57.2 Å². The Morgan fingerprint density at radius 2 is 1.86 bits per heavy atom. The maximum Gasteiger partial charge on any atom is 0.227 e. The summed E-state index contributed by atoms with van der Waals surface area (Å²) in [5.74, 6) is 0.895. The zero-order valence-electron chi connectivity index (χ0n) is 13.5. The van der Waals surface area contributed by atoms with Crippen molar-refractivity contribution in [2.45, 2.75) is 32.1 Å². The molecule has 22 heavy (non-hydrogen) atoms. The predicted molar refractivity (Wildman–Crippen MR) is 93.9 cm³/mol. The highest BCUT2D eigenvalue weighted by Crippen LogP contribution is 2.29. The topological polar surface area (TPSA) is 67.6 Å². The number of likely N-dealkylation sites (tertiary alicyclic amines) is 1. The Labute approximate surface area is 146 Å². The van der Waals surface area contributed by atoms with Crippen molar-refractivity contribution in [2.24, 2.45) is 17.1 Å². The van der Waals surface area contributed by atoms with E-state index < -0.39 is 0 Å². The van der Waals surface area contributed by atoms with Crippen molar-refractivity contribution in [3.8, 4) is 0 Å². The van der Waals surface area contributed by atoms with Crippen LogP contribution in [-0.2, 0) is 9.53 Å². The molecular formula is C15H31Cl2N3O2. The number of nitrogens with zero attached hydrogens (tertiary/aromatic N) is 1. The smallest absolute Gasteiger partial charge is 0.227 e. The molecule has 0 unspecified atom stereocenters. The van der Waals surface area contributed by atoms with Crippen molar-refractivity contribution in [2.75, 3.05) is 46.4 Å². The number of hydrogen-bond donors (Lipinski definition) is 2. The van der Waals surface area contributed by atoms with E-state index in [1.807, 2.05) is 0 Å². The van der Waals surface area contributed by atoms with Gasteiger partial charge in [0.1, 0.15) is 0 Å². The van der Waals surface area contributed by atoms with Gasteiger partial charge in [0, 0.05) is 26.3 Å². The summed E-state index contributed by atoms with van der Waals surface area (Å²) >= 11 is 0. The number of amides is 1. The van der Waals surface area contributed by atoms with Crippen molar-refractivity contribution in [1.29, 1.82) is 0 Å². The number of rotatable bonds is 5. The van der Waals surface area contributed by atoms with E-state index in [0.717, 1.165) is 31.7 Å². The van der Waals surface area contributed by atoms with Crippen molar-refractivity contribution in [1.82, 2.24) is 10.2 Å². The average Bonchev–Trinajstić information content (AvgIpc) is 2.50. The molecule has 0 radical (unpaired) electrons. The fourth-order valence-electron chi connectivity index (χ4n) is 3.21. The minimum absolute atomic E-state index is 0. The maximum atomic E-state index is 12.4. The van der Waals surface area contributed by atoms with E-state index >= 15 is 0 Å². The van der Waals surface area contributed by atoms with Gasteiger partial charge in [0.25, 0.3) is 0 Å². The minimum atomic E-state index is -0.384. The van der Waals surface area contributed by atoms with Gasteiger partial charge in [-0.25, -0.2) is 0 Å². The molecule has 7 heteroatoms. The Hall–Kier alpha value is -0.0700. The summed E-state index contributed by atoms with van der Waals surface area (Å²) in [6.07, 6.45) is 5.11. The van der Waals surface area contributed by atoms with Gasteiger partial charge in [-0.3, -0.25) is 4.79 Å². The highest BCUT2D eigenvalue weighted by molar-refractivity contribution is 5.85. The summed E-state index contributed by atoms with van der Waals surface area (Å²) in [5, 5.41) is 3.11. The van der Waals surface area contributed by atoms with Gasteiger partial charge >= 0.3 is 0 Å². The van der Waals surface area contributed by atoms with Crippen LogP contribution in [0.3, 0.4) is 0 Å². The lowest BCUT2D eigenvalue weighted by molar-refractivity contribution is -0.135. The van der Waals surface area contributed by atoms with E-state index in [-0.39, 0.29) is 36.1 Å². The normalized spacial score (nSPS) is 22.3. The van der Waals surface area contributed by atoms with E-state index in [2.05, 4.69) is 17.3 Å². The first-order valence-corrected chi connectivity index (χ1v) is 7.91. The summed E-state index contributed by atoms with van der Waals surface area (Å²) in [6, 6.07) is 0. The van der Waals surface area contributed by atoms with E-state index in [9.17, 15) is 4.79 Å². The minimum Gasteiger partial charge on any atom is -0.381 e. The lowest BCUT2D eigenvalue weighted by Crippen LogP contribution is -2.49. The fraction of sp³-hybridized carbons (Fsp3) is 0.933. The predicted octanol–water partition coefficient (Wildman–Crippen LogP) is 1.43. The zero-order valence-corrected chi connectivity index (χ0v) is 15.1. The second-order valence-electron chi connectivity index (χ2n) is 6.39. The molecule has 0 spiro atoms. The molecule has 2 heterocycles. The van der Waals surface area contributed by atoms with Crippen LogP contribution < -0.4 is 11.1 Å². The number of piperidine rings is 1. The molecule has 2 rings (SSSR count). The molecule has 2 aliphatic rings. The SMILES string of the molecule is CN1CCC(CCNC(=O)C2(CN)CCOCC2)CC1.Cl.Cl. The standard InChI is InChI=1S/C15H29N3O2.2ClH/c1-18-8-3-13(4-9-18)2-7-17-14(19)15(12-16)5-10-20-11-6-15;;/h13H,2-12,16H2,1H3,(H,17,19);2*1H. The highest BCUT2D eigenvalue weighted by atomic mass is 35.5. The Balaban J connectivity index is 0.00000220. The van der Waals surface area contributed by atoms with Gasteiger partial charge in [-0.15, -0.1) is 24.8 Å². The molecule has 3 N–H and O–H groups in total. The van der Waals surface area contributed by atoms with Gasteiger partial charge in [0.15, 0.2) is 0 Å². The van der Waals surface area contributed by atoms with Crippen LogP contribution in [0.15, 0.2) is 0 Å². The number of carbonyl (C=O) groups excluding carboxylic acids is 1. The van der Waals surface area contributed by atoms with Crippen LogP contribution in [0.5, 0.6) is 0 Å². The molecule has 1 amide bonds. The van der Waals surface area contributed by atoms with Crippen molar-refractivity contribution in [3.05, 3.63) is 0 Å². The second-order valence-corrected chi connectivity index (χ2v) is 6.39. The second kappa shape index (κ2) is 10.7. The molecule has 0 aromatic heterocycles. The number of hydrogen-bond acceptors (Lipinski definition) is 4. The van der Waals surface area contributed by atoms with Crippen molar-refractivity contribution < 1.29 is 9.53 Å². The zero-order chi connectivity index (χ0) is 14.4. The highest BCUT2D eigenvalue weighted by Gasteiger charge is 2.38. The number of ether oxygens (including phenoxy) is 1. The van der Waals surface area contributed by atoms with Crippen LogP contribution in [0.4, 0.5) is 0 Å². The van der Waals surface area contributed by atoms with E-state index in [4.69, 9.17) is 10.5 Å². The molecule has 0 saturated carbocycles. The molecule has 0 aromatic rings. The third-order valence-electron chi connectivity index (χ3n) is 5.00. The average molecular weight is 356 g/mol. The van der Waals surface area contributed by atoms with Crippen molar-refractivity contribution >= 4 is 30.7 Å². The first-order valence-electron chi connectivity index (χ1n) is 7.91. The van der Waals surface area contributed by atoms with Gasteiger partial charge < -0.3 is 20.7 Å². The van der Waals surface area contributed by atoms with E-state index in [1.165, 1.54) is 25.9 Å². The quantitative estimate of drug-likeness (QED) is 0.782. The first kappa shape index (κ1) is 21.9. The number of halogens is 2. The summed E-state index contributed by atoms with van der Waals surface area (Å²) in [5.41, 5.74) is 5.46. The Morgan fingerprint density at radius 3 is 2.41 bits per heavy atom. The van der Waals surface area contributed by atoms with Crippen molar-refractivity contribution in [3.63, 3.8) is 0 Å². The third-order valence-corrected chi connectivity index (χ3v) is 5.00. The Bertz CT molecular complexity index is 318. The lowest BCUT2D eigenvalue weighted by atomic mass is 9.79. The number of carbonyl (C=O) groups is 1. The molecule has 2 saturated heterocycles. The first-order chi connectivity index (χ1) is 9.66. The Kier molecular flexibility index (Phi) is 10.6. The van der Waals surface area contributed by atoms with Gasteiger partial charge in [0.2, 0.25) is 5.91 Å². The van der Waals surface area contributed by atoms with Crippen LogP contribution in [0, 0.1) is 11.3 Å². The molecule has 2 fully saturated rings. The summed E-state index contributed by atoms with van der Waals surface area (Å²) < 4.78 is 5.35. The Morgan fingerprint density at radius 1 is 1.27 bits per heavy atom. The van der Waals surface area contributed by atoms with Gasteiger partial charge in [-0.2, -0.15) is 0 Å². The lowest BCUT2D eigenvalue weighted by Gasteiger charge is -2.35. The molecule has 2 aliphatic heterocycles. The van der Waals surface area contributed by atoms with Crippen LogP contribution in [0.1, 0.15) is 32.1 Å². The van der Waals surface area contributed by atoms with Crippen LogP contribution in [0.25, 0.3) is 0 Å². The molecule has 0 atom stereocenters. The molecule has 0 bridgehead atoms. The number of nitrogens with one attached hydrogen (secondary N) is 1. The largest absolute Gasteiger partial charge is 0.381 e. The molecule has 0 aliphatic carbocycles. The van der Waals surface area contributed by atoms with Crippen LogP contribution in [0.2, 0.25) is 0 Å². The van der Waals surface area contributed by atoms with Gasteiger partial charge in [0.05, 0.1) is 5.41 Å². The molecular weight excluding hydrogens is 325 g/mol. The van der Waals surface area contributed by atoms with E-state index in [1.54, 1.807) is 0 Å². The summed E-state index contributed by atoms with van der Waals surface area (Å²) in [6.45, 7) is 4.89. The third kappa shape index (κ3) is 5.85. The monoisotopic (exact) mass is 355 g/mol. The molecule has 132 valence electrons.